The minimum absolute atomic E-state index is 0.0487. The number of hydrogen-bond donors (Lipinski definition) is 1. The number of nitrogens with zero attached hydrogens (tertiary/aromatic N) is 1. The summed E-state index contributed by atoms with van der Waals surface area (Å²) in [4.78, 5) is 26.0. The van der Waals surface area contributed by atoms with Crippen molar-refractivity contribution in [2.75, 3.05) is 25.5 Å². The minimum Gasteiger partial charge on any atom is -0.462 e. The van der Waals surface area contributed by atoms with Gasteiger partial charge in [0.25, 0.3) is 0 Å². The zero-order valence-electron chi connectivity index (χ0n) is 12.0. The second kappa shape index (κ2) is 6.25. The van der Waals surface area contributed by atoms with Gasteiger partial charge in [-0.25, -0.2) is 4.79 Å². The molecule has 1 amide bonds. The zero-order chi connectivity index (χ0) is 16.5. The van der Waals surface area contributed by atoms with Gasteiger partial charge in [0.05, 0.1) is 12.2 Å². The summed E-state index contributed by atoms with van der Waals surface area (Å²) >= 11 is 0.990. The Labute approximate surface area is 129 Å². The van der Waals surface area contributed by atoms with Crippen LogP contribution in [0.3, 0.4) is 0 Å². The van der Waals surface area contributed by atoms with Crippen LogP contribution in [-0.4, -0.2) is 43.2 Å². The van der Waals surface area contributed by atoms with Gasteiger partial charge in [0.15, 0.2) is 0 Å². The van der Waals surface area contributed by atoms with Crippen LogP contribution in [0.25, 0.3) is 0 Å². The highest BCUT2D eigenvalue weighted by Crippen LogP contribution is 2.38. The standard InChI is InChI=1S/C13H15F3N2O3S/c1-3-21-11(19)9-7-4-5-18(2)6-8(7)22-10(9)17-12(20)13(14,15)16/h3-6H2,1-2H3,(H,17,20). The molecule has 1 aliphatic rings. The van der Waals surface area contributed by atoms with E-state index in [0.29, 0.717) is 25.1 Å². The summed E-state index contributed by atoms with van der Waals surface area (Å²) < 4.78 is 42.2. The quantitative estimate of drug-likeness (QED) is 0.861. The number of fused-ring (bicyclic) bond motifs is 1. The minimum atomic E-state index is -5.01. The average Bonchev–Trinajstić information content (AvgIpc) is 2.74. The number of alkyl halides is 3. The molecule has 0 saturated carbocycles. The second-order valence-electron chi connectivity index (χ2n) is 4.87. The number of nitrogens with one attached hydrogen (secondary N) is 1. The molecule has 0 radical (unpaired) electrons. The third-order valence-corrected chi connectivity index (χ3v) is 4.34. The Morgan fingerprint density at radius 3 is 2.68 bits per heavy atom. The van der Waals surface area contributed by atoms with Crippen LogP contribution in [0.1, 0.15) is 27.7 Å². The second-order valence-corrected chi connectivity index (χ2v) is 5.97. The molecule has 0 spiro atoms. The Bertz CT molecular complexity index is 598. The molecular weight excluding hydrogens is 321 g/mol. The van der Waals surface area contributed by atoms with E-state index in [4.69, 9.17) is 4.74 Å². The zero-order valence-corrected chi connectivity index (χ0v) is 12.9. The first kappa shape index (κ1) is 16.8. The molecule has 22 heavy (non-hydrogen) atoms. The Balaban J connectivity index is 2.39. The summed E-state index contributed by atoms with van der Waals surface area (Å²) in [5, 5.41) is 1.70. The molecule has 0 aromatic carbocycles. The fraction of sp³-hybridized carbons (Fsp3) is 0.538. The van der Waals surface area contributed by atoms with Gasteiger partial charge in [-0.05, 0) is 26.0 Å². The molecule has 9 heteroatoms. The van der Waals surface area contributed by atoms with Crippen LogP contribution in [0.15, 0.2) is 0 Å². The predicted octanol–water partition coefficient (Wildman–Crippen LogP) is 2.41. The van der Waals surface area contributed by atoms with Crippen molar-refractivity contribution in [2.45, 2.75) is 26.1 Å². The molecule has 5 nitrogen and oxygen atoms in total. The monoisotopic (exact) mass is 336 g/mol. The van der Waals surface area contributed by atoms with Crippen LogP contribution in [-0.2, 0) is 22.5 Å². The first-order valence-electron chi connectivity index (χ1n) is 6.62. The highest BCUT2D eigenvalue weighted by molar-refractivity contribution is 7.17. The number of carbonyl (C=O) groups is 2. The molecule has 0 bridgehead atoms. The molecule has 1 aromatic rings. The summed E-state index contributed by atoms with van der Waals surface area (Å²) in [6.07, 6.45) is -4.48. The number of ether oxygens (including phenoxy) is 1. The van der Waals surface area contributed by atoms with Crippen LogP contribution >= 0.6 is 11.3 Å². The van der Waals surface area contributed by atoms with Gasteiger partial charge < -0.3 is 15.0 Å². The van der Waals surface area contributed by atoms with Gasteiger partial charge in [-0.2, -0.15) is 13.2 Å². The lowest BCUT2D eigenvalue weighted by atomic mass is 10.0. The fourth-order valence-corrected chi connectivity index (χ4v) is 3.52. The summed E-state index contributed by atoms with van der Waals surface area (Å²) in [5.74, 6) is -2.80. The Morgan fingerprint density at radius 1 is 1.41 bits per heavy atom. The molecule has 2 heterocycles. The lowest BCUT2D eigenvalue weighted by molar-refractivity contribution is -0.167. The van der Waals surface area contributed by atoms with E-state index in [-0.39, 0.29) is 17.2 Å². The first-order chi connectivity index (χ1) is 10.2. The number of halogens is 3. The van der Waals surface area contributed by atoms with Gasteiger partial charge in [-0.15, -0.1) is 11.3 Å². The largest absolute Gasteiger partial charge is 0.471 e. The topological polar surface area (TPSA) is 58.6 Å². The summed E-state index contributed by atoms with van der Waals surface area (Å²) in [6.45, 7) is 2.92. The smallest absolute Gasteiger partial charge is 0.462 e. The maximum absolute atomic E-state index is 12.4. The fourth-order valence-electron chi connectivity index (χ4n) is 2.21. The number of amides is 1. The van der Waals surface area contributed by atoms with E-state index in [2.05, 4.69) is 0 Å². The number of rotatable bonds is 3. The molecule has 0 fully saturated rings. The number of hydrogen-bond acceptors (Lipinski definition) is 5. The highest BCUT2D eigenvalue weighted by atomic mass is 32.1. The van der Waals surface area contributed by atoms with Gasteiger partial charge in [0, 0.05) is 18.0 Å². The van der Waals surface area contributed by atoms with Crippen LogP contribution in [0.4, 0.5) is 18.2 Å². The Kier molecular flexibility index (Phi) is 4.76. The molecule has 1 aromatic heterocycles. The van der Waals surface area contributed by atoms with Gasteiger partial charge in [-0.1, -0.05) is 0 Å². The van der Waals surface area contributed by atoms with Crippen molar-refractivity contribution in [2.24, 2.45) is 0 Å². The molecule has 0 atom stereocenters. The lowest BCUT2D eigenvalue weighted by Gasteiger charge is -2.22. The Morgan fingerprint density at radius 2 is 2.09 bits per heavy atom. The van der Waals surface area contributed by atoms with Gasteiger partial charge in [0.1, 0.15) is 5.00 Å². The maximum Gasteiger partial charge on any atom is 0.471 e. The van der Waals surface area contributed by atoms with Crippen molar-refractivity contribution in [1.29, 1.82) is 0 Å². The number of carbonyl (C=O) groups excluding carboxylic acids is 2. The molecule has 1 aliphatic heterocycles. The van der Waals surface area contributed by atoms with Crippen molar-refractivity contribution in [3.8, 4) is 0 Å². The van der Waals surface area contributed by atoms with Gasteiger partial charge in [0.2, 0.25) is 0 Å². The average molecular weight is 336 g/mol. The molecule has 0 unspecified atom stereocenters. The van der Waals surface area contributed by atoms with E-state index < -0.39 is 18.1 Å². The first-order valence-corrected chi connectivity index (χ1v) is 7.44. The van der Waals surface area contributed by atoms with Crippen molar-refractivity contribution >= 4 is 28.2 Å². The lowest BCUT2D eigenvalue weighted by Crippen LogP contribution is -2.30. The van der Waals surface area contributed by atoms with E-state index in [1.807, 2.05) is 11.9 Å². The number of thiophene rings is 1. The maximum atomic E-state index is 12.4. The van der Waals surface area contributed by atoms with Crippen LogP contribution < -0.4 is 5.32 Å². The SMILES string of the molecule is CCOC(=O)c1c(NC(=O)C(F)(F)F)sc2c1CCN(C)C2. The van der Waals surface area contributed by atoms with E-state index in [9.17, 15) is 22.8 Å². The van der Waals surface area contributed by atoms with Crippen molar-refractivity contribution in [3.63, 3.8) is 0 Å². The molecular formula is C13H15F3N2O3S. The third kappa shape index (κ3) is 3.41. The van der Waals surface area contributed by atoms with Gasteiger partial charge in [-0.3, -0.25) is 4.79 Å². The summed E-state index contributed by atoms with van der Waals surface area (Å²) in [7, 11) is 1.88. The predicted molar refractivity (Wildman–Crippen MR) is 75.0 cm³/mol. The van der Waals surface area contributed by atoms with E-state index >= 15 is 0 Å². The van der Waals surface area contributed by atoms with E-state index in [1.54, 1.807) is 12.2 Å². The molecule has 122 valence electrons. The number of anilines is 1. The van der Waals surface area contributed by atoms with Gasteiger partial charge >= 0.3 is 18.1 Å². The molecule has 2 rings (SSSR count). The number of likely N-dealkylation sites (N-methyl/N-ethyl adjacent to an activating group) is 1. The van der Waals surface area contributed by atoms with Crippen molar-refractivity contribution < 1.29 is 27.5 Å². The molecule has 1 N–H and O–H groups in total. The van der Waals surface area contributed by atoms with Crippen LogP contribution in [0.2, 0.25) is 0 Å². The van der Waals surface area contributed by atoms with Crippen LogP contribution in [0.5, 0.6) is 0 Å². The van der Waals surface area contributed by atoms with E-state index in [0.717, 1.165) is 16.2 Å². The summed E-state index contributed by atoms with van der Waals surface area (Å²) in [5.41, 5.74) is 0.714. The highest BCUT2D eigenvalue weighted by Gasteiger charge is 2.40. The molecule has 0 saturated heterocycles. The number of esters is 1. The van der Waals surface area contributed by atoms with E-state index in [1.165, 1.54) is 0 Å². The Hall–Kier alpha value is -1.61. The molecule has 0 aliphatic carbocycles. The third-order valence-electron chi connectivity index (χ3n) is 3.21. The normalized spacial score (nSPS) is 15.3. The van der Waals surface area contributed by atoms with Crippen molar-refractivity contribution in [1.82, 2.24) is 4.90 Å². The summed E-state index contributed by atoms with van der Waals surface area (Å²) in [6, 6.07) is 0. The van der Waals surface area contributed by atoms with Crippen molar-refractivity contribution in [3.05, 3.63) is 16.0 Å². The van der Waals surface area contributed by atoms with Crippen LogP contribution in [0, 0.1) is 0 Å².